The zero-order valence-corrected chi connectivity index (χ0v) is 15.4. The van der Waals surface area contributed by atoms with Gasteiger partial charge in [-0.25, -0.2) is 0 Å². The second-order valence-electron chi connectivity index (χ2n) is 6.94. The van der Waals surface area contributed by atoms with Crippen molar-refractivity contribution in [3.63, 3.8) is 0 Å². The minimum atomic E-state index is -0.510. The Hall–Kier alpha value is -2.42. The number of hydrogen-bond donors (Lipinski definition) is 3. The number of nitro groups is 1. The van der Waals surface area contributed by atoms with Crippen LogP contribution in [0.3, 0.4) is 0 Å². The van der Waals surface area contributed by atoms with Gasteiger partial charge in [0.1, 0.15) is 0 Å². The summed E-state index contributed by atoms with van der Waals surface area (Å²) in [4.78, 5) is 25.2. The van der Waals surface area contributed by atoms with Crippen LogP contribution in [0, 0.1) is 10.1 Å². The molecule has 9 heteroatoms. The third-order valence-corrected chi connectivity index (χ3v) is 3.86. The van der Waals surface area contributed by atoms with E-state index in [9.17, 15) is 14.9 Å². The van der Waals surface area contributed by atoms with E-state index < -0.39 is 10.8 Å². The second kappa shape index (κ2) is 7.64. The van der Waals surface area contributed by atoms with Gasteiger partial charge in [0.15, 0.2) is 5.11 Å². The van der Waals surface area contributed by atoms with E-state index in [1.165, 1.54) is 12.1 Å². The highest BCUT2D eigenvalue weighted by Gasteiger charge is 2.23. The van der Waals surface area contributed by atoms with Crippen LogP contribution in [0.15, 0.2) is 18.2 Å². The lowest BCUT2D eigenvalue weighted by Gasteiger charge is -2.24. The van der Waals surface area contributed by atoms with Gasteiger partial charge < -0.3 is 10.2 Å². The van der Waals surface area contributed by atoms with E-state index in [0.717, 1.165) is 25.9 Å². The molecule has 1 aromatic rings. The molecule has 0 unspecified atom stereocenters. The number of thiocarbonyl (C=S) groups is 1. The second-order valence-corrected chi connectivity index (χ2v) is 7.34. The van der Waals surface area contributed by atoms with Gasteiger partial charge >= 0.3 is 0 Å². The number of carbonyl (C=O) groups excluding carboxylic acids is 1. The molecule has 0 atom stereocenters. The summed E-state index contributed by atoms with van der Waals surface area (Å²) in [5, 5.41) is 14.3. The molecule has 0 aliphatic carbocycles. The van der Waals surface area contributed by atoms with Crippen LogP contribution >= 0.6 is 12.2 Å². The van der Waals surface area contributed by atoms with Gasteiger partial charge in [0, 0.05) is 30.8 Å². The zero-order chi connectivity index (χ0) is 18.6. The van der Waals surface area contributed by atoms with Crippen molar-refractivity contribution in [3.8, 4) is 0 Å². The maximum absolute atomic E-state index is 12.6. The van der Waals surface area contributed by atoms with Crippen molar-refractivity contribution in [3.05, 3.63) is 33.9 Å². The van der Waals surface area contributed by atoms with Crippen LogP contribution in [-0.4, -0.2) is 34.6 Å². The molecule has 1 amide bonds. The van der Waals surface area contributed by atoms with Crippen molar-refractivity contribution in [2.24, 2.45) is 0 Å². The fourth-order valence-corrected chi connectivity index (χ4v) is 2.96. The van der Waals surface area contributed by atoms with E-state index >= 15 is 0 Å². The SMILES string of the molecule is CC(C)(C)NC(=S)NNC(=O)c1cc([N+](=O)[O-])ccc1N1CCCC1. The van der Waals surface area contributed by atoms with Crippen LogP contribution < -0.4 is 21.1 Å². The van der Waals surface area contributed by atoms with Crippen molar-refractivity contribution in [1.29, 1.82) is 0 Å². The average Bonchev–Trinajstić information content (AvgIpc) is 3.04. The fraction of sp³-hybridized carbons (Fsp3) is 0.500. The van der Waals surface area contributed by atoms with Gasteiger partial charge in [0.2, 0.25) is 0 Å². The van der Waals surface area contributed by atoms with E-state index in [1.807, 2.05) is 20.8 Å². The van der Waals surface area contributed by atoms with Gasteiger partial charge in [0.05, 0.1) is 16.2 Å². The summed E-state index contributed by atoms with van der Waals surface area (Å²) in [6.07, 6.45) is 2.08. The zero-order valence-electron chi connectivity index (χ0n) is 14.6. The lowest BCUT2D eigenvalue weighted by molar-refractivity contribution is -0.384. The van der Waals surface area contributed by atoms with Crippen LogP contribution in [0.1, 0.15) is 44.0 Å². The number of non-ortho nitro benzene ring substituents is 1. The molecule has 136 valence electrons. The first-order valence-corrected chi connectivity index (χ1v) is 8.50. The van der Waals surface area contributed by atoms with Crippen LogP contribution in [0.5, 0.6) is 0 Å². The Morgan fingerprint density at radius 2 is 1.88 bits per heavy atom. The molecule has 0 spiro atoms. The third kappa shape index (κ3) is 5.28. The maximum Gasteiger partial charge on any atom is 0.272 e. The van der Waals surface area contributed by atoms with Gasteiger partial charge in [-0.05, 0) is 51.9 Å². The molecule has 1 aromatic carbocycles. The molecule has 2 rings (SSSR count). The molecular weight excluding hydrogens is 342 g/mol. The van der Waals surface area contributed by atoms with Crippen molar-refractivity contribution < 1.29 is 9.72 Å². The van der Waals surface area contributed by atoms with Gasteiger partial charge in [-0.2, -0.15) is 0 Å². The van der Waals surface area contributed by atoms with Gasteiger partial charge in [-0.15, -0.1) is 0 Å². The summed E-state index contributed by atoms with van der Waals surface area (Å²) in [7, 11) is 0. The first kappa shape index (κ1) is 18.9. The van der Waals surface area contributed by atoms with E-state index in [2.05, 4.69) is 21.1 Å². The summed E-state index contributed by atoms with van der Waals surface area (Å²) in [5.41, 5.74) is 5.72. The maximum atomic E-state index is 12.6. The van der Waals surface area contributed by atoms with Gasteiger partial charge in [-0.3, -0.25) is 25.8 Å². The molecule has 1 saturated heterocycles. The minimum absolute atomic E-state index is 0.122. The minimum Gasteiger partial charge on any atom is -0.371 e. The highest BCUT2D eigenvalue weighted by atomic mass is 32.1. The van der Waals surface area contributed by atoms with Crippen molar-refractivity contribution in [2.75, 3.05) is 18.0 Å². The quantitative estimate of drug-likeness (QED) is 0.428. The molecular formula is C16H23N5O3S. The summed E-state index contributed by atoms with van der Waals surface area (Å²) in [5.74, 6) is -0.469. The number of hydrogen-bond acceptors (Lipinski definition) is 5. The number of amides is 1. The third-order valence-electron chi connectivity index (χ3n) is 3.66. The van der Waals surface area contributed by atoms with Crippen LogP contribution in [0.4, 0.5) is 11.4 Å². The van der Waals surface area contributed by atoms with Gasteiger partial charge in [-0.1, -0.05) is 0 Å². The Bertz CT molecular complexity index is 681. The molecule has 0 bridgehead atoms. The van der Waals surface area contributed by atoms with E-state index in [1.54, 1.807) is 6.07 Å². The largest absolute Gasteiger partial charge is 0.371 e. The molecule has 25 heavy (non-hydrogen) atoms. The lowest BCUT2D eigenvalue weighted by atomic mass is 10.1. The smallest absolute Gasteiger partial charge is 0.272 e. The van der Waals surface area contributed by atoms with E-state index in [-0.39, 0.29) is 21.9 Å². The first-order valence-electron chi connectivity index (χ1n) is 8.09. The first-order chi connectivity index (χ1) is 11.7. The molecule has 3 N–H and O–H groups in total. The highest BCUT2D eigenvalue weighted by molar-refractivity contribution is 7.80. The molecule has 8 nitrogen and oxygen atoms in total. The molecule has 1 aliphatic heterocycles. The normalized spacial score (nSPS) is 14.1. The topological polar surface area (TPSA) is 99.5 Å². The Morgan fingerprint density at radius 3 is 2.44 bits per heavy atom. The van der Waals surface area contributed by atoms with E-state index in [0.29, 0.717) is 5.69 Å². The number of benzene rings is 1. The number of nitrogens with zero attached hydrogens (tertiary/aromatic N) is 2. The summed E-state index contributed by atoms with van der Waals surface area (Å²) in [6.45, 7) is 7.48. The number of rotatable bonds is 3. The number of carbonyl (C=O) groups is 1. The number of hydrazine groups is 1. The van der Waals surface area contributed by atoms with Crippen LogP contribution in [0.25, 0.3) is 0 Å². The van der Waals surface area contributed by atoms with Gasteiger partial charge in [0.25, 0.3) is 11.6 Å². The predicted molar refractivity (Wildman–Crippen MR) is 101 cm³/mol. The van der Waals surface area contributed by atoms with Crippen molar-refractivity contribution in [1.82, 2.24) is 16.2 Å². The lowest BCUT2D eigenvalue weighted by Crippen LogP contribution is -2.52. The van der Waals surface area contributed by atoms with E-state index in [4.69, 9.17) is 12.2 Å². The number of nitro benzene ring substituents is 1. The Morgan fingerprint density at radius 1 is 1.24 bits per heavy atom. The summed E-state index contributed by atoms with van der Waals surface area (Å²) >= 11 is 5.12. The van der Waals surface area contributed by atoms with Crippen LogP contribution in [-0.2, 0) is 0 Å². The fourth-order valence-electron chi connectivity index (χ4n) is 2.61. The van der Waals surface area contributed by atoms with Crippen molar-refractivity contribution >= 4 is 34.6 Å². The average molecular weight is 365 g/mol. The standard InChI is InChI=1S/C16H23N5O3S/c1-16(2,3)17-15(25)19-18-14(22)12-10-11(21(23)24)6-7-13(12)20-8-4-5-9-20/h6-7,10H,4-5,8-9H2,1-3H3,(H,18,22)(H2,17,19,25). The molecule has 1 fully saturated rings. The monoisotopic (exact) mass is 365 g/mol. The molecule has 0 radical (unpaired) electrons. The molecule has 1 aliphatic rings. The molecule has 0 aromatic heterocycles. The Labute approximate surface area is 152 Å². The van der Waals surface area contributed by atoms with Crippen molar-refractivity contribution in [2.45, 2.75) is 39.2 Å². The highest BCUT2D eigenvalue weighted by Crippen LogP contribution is 2.28. The number of nitrogens with one attached hydrogen (secondary N) is 3. The summed E-state index contributed by atoms with van der Waals surface area (Å²) in [6, 6.07) is 4.35. The summed E-state index contributed by atoms with van der Waals surface area (Å²) < 4.78 is 0. The molecule has 0 saturated carbocycles. The van der Waals surface area contributed by atoms with Crippen LogP contribution in [0.2, 0.25) is 0 Å². The Balaban J connectivity index is 2.16. The Kier molecular flexibility index (Phi) is 5.78. The predicted octanol–water partition coefficient (Wildman–Crippen LogP) is 2.10. The molecule has 1 heterocycles. The number of anilines is 1.